The molecule has 2 aliphatic rings. The van der Waals surface area contributed by atoms with Crippen molar-refractivity contribution in [2.24, 2.45) is 0 Å². The summed E-state index contributed by atoms with van der Waals surface area (Å²) in [5.74, 6) is 1.45. The number of aromatic nitrogens is 3. The second-order valence-corrected chi connectivity index (χ2v) is 9.45. The van der Waals surface area contributed by atoms with Crippen molar-refractivity contribution in [2.75, 3.05) is 33.4 Å². The zero-order chi connectivity index (χ0) is 25.6. The number of nitrogens with zero attached hydrogens (tertiary/aromatic N) is 5. The Kier molecular flexibility index (Phi) is 7.67. The number of fused-ring (bicyclic) bond motifs is 2. The van der Waals surface area contributed by atoms with Crippen LogP contribution in [-0.2, 0) is 6.42 Å². The molecule has 6 rings (SSSR count). The highest BCUT2D eigenvalue weighted by Crippen LogP contribution is 2.39. The van der Waals surface area contributed by atoms with Crippen LogP contribution >= 0.6 is 0 Å². The van der Waals surface area contributed by atoms with Crippen molar-refractivity contribution in [3.05, 3.63) is 66.2 Å². The maximum atomic E-state index is 9.14. The second kappa shape index (κ2) is 11.4. The fraction of sp³-hybridized carbons (Fsp3) is 0.367. The van der Waals surface area contributed by atoms with Crippen LogP contribution in [0.5, 0.6) is 11.6 Å². The van der Waals surface area contributed by atoms with E-state index in [-0.39, 0.29) is 0 Å². The van der Waals surface area contributed by atoms with Gasteiger partial charge in [-0.05, 0) is 75.1 Å². The minimum Gasteiger partial charge on any atom is -0.494 e. The Balaban J connectivity index is 0.000000301. The van der Waals surface area contributed by atoms with E-state index in [2.05, 4.69) is 33.9 Å². The average Bonchev–Trinajstić information content (AvgIpc) is 3.47. The van der Waals surface area contributed by atoms with E-state index in [1.54, 1.807) is 19.6 Å². The number of nitriles is 1. The van der Waals surface area contributed by atoms with E-state index in [0.29, 0.717) is 12.2 Å². The third-order valence-corrected chi connectivity index (χ3v) is 7.13. The summed E-state index contributed by atoms with van der Waals surface area (Å²) in [6, 6.07) is 13.9. The van der Waals surface area contributed by atoms with Crippen LogP contribution in [0.1, 0.15) is 43.7 Å². The molecule has 0 bridgehead atoms. The SMILES string of the molecule is CCN1CCCCC1.COc1cc(-c2ccc(C#N)cc2)c(-c2cnc3c(c2)CCCO3)n2cncc12. The van der Waals surface area contributed by atoms with E-state index in [1.165, 1.54) is 38.9 Å². The molecule has 3 aromatic heterocycles. The van der Waals surface area contributed by atoms with Crippen molar-refractivity contribution in [1.82, 2.24) is 19.3 Å². The van der Waals surface area contributed by atoms with E-state index in [9.17, 15) is 0 Å². The van der Waals surface area contributed by atoms with Gasteiger partial charge in [-0.2, -0.15) is 5.26 Å². The Morgan fingerprint density at radius 1 is 1.03 bits per heavy atom. The minimum atomic E-state index is 0.624. The molecule has 0 atom stereocenters. The molecular formula is C30H33N5O2. The molecule has 0 spiro atoms. The van der Waals surface area contributed by atoms with Crippen LogP contribution in [-0.4, -0.2) is 52.6 Å². The van der Waals surface area contributed by atoms with Crippen LogP contribution in [0.3, 0.4) is 0 Å². The second-order valence-electron chi connectivity index (χ2n) is 9.45. The van der Waals surface area contributed by atoms with Gasteiger partial charge in [0.1, 0.15) is 11.3 Å². The van der Waals surface area contributed by atoms with Crippen molar-refractivity contribution in [3.63, 3.8) is 0 Å². The van der Waals surface area contributed by atoms with Crippen LogP contribution in [0.25, 0.3) is 27.9 Å². The van der Waals surface area contributed by atoms with Crippen LogP contribution < -0.4 is 9.47 Å². The number of rotatable bonds is 4. The van der Waals surface area contributed by atoms with Crippen LogP contribution in [0.15, 0.2) is 55.1 Å². The van der Waals surface area contributed by atoms with Gasteiger partial charge < -0.3 is 14.4 Å². The van der Waals surface area contributed by atoms with Gasteiger partial charge in [-0.1, -0.05) is 25.5 Å². The topological polar surface area (TPSA) is 75.7 Å². The zero-order valence-electron chi connectivity index (χ0n) is 21.6. The largest absolute Gasteiger partial charge is 0.494 e. The quantitative estimate of drug-likeness (QED) is 0.358. The first-order valence-corrected chi connectivity index (χ1v) is 13.1. The van der Waals surface area contributed by atoms with E-state index < -0.39 is 0 Å². The van der Waals surface area contributed by atoms with Gasteiger partial charge in [0.2, 0.25) is 5.88 Å². The van der Waals surface area contributed by atoms with Gasteiger partial charge in [0, 0.05) is 22.9 Å². The van der Waals surface area contributed by atoms with E-state index in [4.69, 9.17) is 14.7 Å². The van der Waals surface area contributed by atoms with Gasteiger partial charge in [-0.25, -0.2) is 9.97 Å². The number of ether oxygens (including phenoxy) is 2. The molecule has 0 unspecified atom stereocenters. The summed E-state index contributed by atoms with van der Waals surface area (Å²) in [4.78, 5) is 11.4. The Morgan fingerprint density at radius 2 is 1.84 bits per heavy atom. The number of aryl methyl sites for hydroxylation is 1. The molecule has 1 saturated heterocycles. The molecule has 0 aliphatic carbocycles. The normalized spacial score (nSPS) is 15.2. The summed E-state index contributed by atoms with van der Waals surface area (Å²) in [5.41, 5.74) is 6.55. The maximum Gasteiger partial charge on any atom is 0.216 e. The van der Waals surface area contributed by atoms with Crippen molar-refractivity contribution in [3.8, 4) is 40.1 Å². The van der Waals surface area contributed by atoms with Gasteiger partial charge >= 0.3 is 0 Å². The molecule has 5 heterocycles. The first-order valence-electron chi connectivity index (χ1n) is 13.1. The van der Waals surface area contributed by atoms with Crippen LogP contribution in [0, 0.1) is 11.3 Å². The van der Waals surface area contributed by atoms with Crippen LogP contribution in [0.2, 0.25) is 0 Å². The Labute approximate surface area is 218 Å². The van der Waals surface area contributed by atoms with Crippen molar-refractivity contribution in [1.29, 1.82) is 5.26 Å². The molecule has 1 fully saturated rings. The van der Waals surface area contributed by atoms with Gasteiger partial charge in [-0.15, -0.1) is 0 Å². The molecule has 190 valence electrons. The highest BCUT2D eigenvalue weighted by Gasteiger charge is 2.19. The lowest BCUT2D eigenvalue weighted by Gasteiger charge is -2.24. The molecule has 7 nitrogen and oxygen atoms in total. The van der Waals surface area contributed by atoms with E-state index in [1.807, 2.05) is 40.9 Å². The fourth-order valence-electron chi connectivity index (χ4n) is 5.10. The van der Waals surface area contributed by atoms with E-state index >= 15 is 0 Å². The summed E-state index contributed by atoms with van der Waals surface area (Å²) in [6.07, 6.45) is 11.7. The summed E-state index contributed by atoms with van der Waals surface area (Å²) >= 11 is 0. The number of benzene rings is 1. The number of pyridine rings is 2. The van der Waals surface area contributed by atoms with Gasteiger partial charge in [0.25, 0.3) is 0 Å². The summed E-state index contributed by atoms with van der Waals surface area (Å²) in [7, 11) is 1.66. The Morgan fingerprint density at radius 3 is 2.54 bits per heavy atom. The van der Waals surface area contributed by atoms with Crippen molar-refractivity contribution in [2.45, 2.75) is 39.0 Å². The molecule has 0 radical (unpaired) electrons. The molecule has 4 aromatic rings. The van der Waals surface area contributed by atoms with Gasteiger partial charge in [0.05, 0.1) is 43.6 Å². The lowest BCUT2D eigenvalue weighted by atomic mass is 9.97. The minimum absolute atomic E-state index is 0.624. The van der Waals surface area contributed by atoms with Crippen molar-refractivity contribution < 1.29 is 9.47 Å². The third kappa shape index (κ3) is 5.30. The predicted octanol–water partition coefficient (Wildman–Crippen LogP) is 5.76. The average molecular weight is 496 g/mol. The molecular weight excluding hydrogens is 462 g/mol. The summed E-state index contributed by atoms with van der Waals surface area (Å²) < 4.78 is 13.3. The van der Waals surface area contributed by atoms with Gasteiger partial charge in [0.15, 0.2) is 0 Å². The third-order valence-electron chi connectivity index (χ3n) is 7.13. The number of imidazole rings is 1. The molecule has 7 heteroatoms. The molecule has 1 aromatic carbocycles. The number of hydrogen-bond acceptors (Lipinski definition) is 6. The summed E-state index contributed by atoms with van der Waals surface area (Å²) in [6.45, 7) is 6.89. The van der Waals surface area contributed by atoms with Gasteiger partial charge in [-0.3, -0.25) is 4.40 Å². The molecule has 0 amide bonds. The number of likely N-dealkylation sites (tertiary alicyclic amines) is 1. The van der Waals surface area contributed by atoms with Crippen LogP contribution in [0.4, 0.5) is 0 Å². The Hall–Kier alpha value is -3.89. The molecule has 2 aliphatic heterocycles. The number of methoxy groups -OCH3 is 1. The standard InChI is InChI=1S/C23H18N4O2.C7H15N/c1-28-21-10-19(16-6-4-15(11-24)5-7-16)22(27-14-25-13-20(21)27)18-9-17-3-2-8-29-23(17)26-12-18;1-2-8-6-4-3-5-7-8/h4-7,9-10,12-14H,2-3,8H2,1H3;2-7H2,1H3. The number of hydrogen-bond donors (Lipinski definition) is 0. The first-order chi connectivity index (χ1) is 18.2. The molecule has 0 saturated carbocycles. The molecule has 0 N–H and O–H groups in total. The highest BCUT2D eigenvalue weighted by molar-refractivity contribution is 5.86. The van der Waals surface area contributed by atoms with E-state index in [0.717, 1.165) is 57.9 Å². The fourth-order valence-corrected chi connectivity index (χ4v) is 5.10. The monoisotopic (exact) mass is 495 g/mol. The highest BCUT2D eigenvalue weighted by atomic mass is 16.5. The first kappa shape index (κ1) is 24.8. The van der Waals surface area contributed by atoms with Crippen molar-refractivity contribution >= 4 is 5.52 Å². The zero-order valence-corrected chi connectivity index (χ0v) is 21.6. The lowest BCUT2D eigenvalue weighted by Crippen LogP contribution is -2.29. The molecule has 37 heavy (non-hydrogen) atoms. The Bertz CT molecular complexity index is 1400. The number of piperidine rings is 1. The maximum absolute atomic E-state index is 9.14. The summed E-state index contributed by atoms with van der Waals surface area (Å²) in [5, 5.41) is 9.14. The smallest absolute Gasteiger partial charge is 0.216 e. The predicted molar refractivity (Wildman–Crippen MR) is 145 cm³/mol. The lowest BCUT2D eigenvalue weighted by molar-refractivity contribution is 0.240.